The van der Waals surface area contributed by atoms with Crippen molar-refractivity contribution in [2.45, 2.75) is 45.3 Å². The molecule has 2 aromatic heterocycles. The van der Waals surface area contributed by atoms with E-state index in [1.165, 1.54) is 27.8 Å². The number of nitrogens with zero attached hydrogens (tertiary/aromatic N) is 5. The first-order chi connectivity index (χ1) is 16.8. The van der Waals surface area contributed by atoms with E-state index in [0.717, 1.165) is 0 Å². The highest BCUT2D eigenvalue weighted by atomic mass is 19.1. The average molecular weight is 475 g/mol. The summed E-state index contributed by atoms with van der Waals surface area (Å²) in [6, 6.07) is 15.2. The van der Waals surface area contributed by atoms with E-state index in [9.17, 15) is 14.0 Å². The number of aromatic nitrogens is 4. The highest BCUT2D eigenvalue weighted by Gasteiger charge is 2.35. The van der Waals surface area contributed by atoms with Gasteiger partial charge in [-0.15, -0.1) is 5.10 Å². The van der Waals surface area contributed by atoms with Gasteiger partial charge in [0.25, 0.3) is 0 Å². The predicted octanol–water partition coefficient (Wildman–Crippen LogP) is 4.04. The number of amides is 2. The Bertz CT molecular complexity index is 1340. The van der Waals surface area contributed by atoms with Gasteiger partial charge in [0.1, 0.15) is 23.9 Å². The molecule has 0 bridgehead atoms. The van der Waals surface area contributed by atoms with Crippen LogP contribution in [0.5, 0.6) is 0 Å². The summed E-state index contributed by atoms with van der Waals surface area (Å²) in [4.78, 5) is 32.9. The summed E-state index contributed by atoms with van der Waals surface area (Å²) in [6.07, 6.45) is 3.79. The summed E-state index contributed by atoms with van der Waals surface area (Å²) in [7, 11) is 0. The standard InChI is InChI=1S/C26H27FN6O2/c1-4-26(2,3)29-25(35)24(18-12-14-28-15-13-18)33(20-9-7-8-19(27)16-20)23(34)17-32-22-11-6-5-10-21(22)30-31-32/h5-16,24H,4,17H2,1-3H3,(H,29,35)/t24-/m0/s1. The van der Waals surface area contributed by atoms with Crippen LogP contribution in [0.1, 0.15) is 38.8 Å². The van der Waals surface area contributed by atoms with E-state index < -0.39 is 23.3 Å². The molecule has 0 radical (unpaired) electrons. The minimum atomic E-state index is -1.06. The molecule has 35 heavy (non-hydrogen) atoms. The van der Waals surface area contributed by atoms with E-state index in [1.54, 1.807) is 36.7 Å². The van der Waals surface area contributed by atoms with Crippen molar-refractivity contribution in [3.8, 4) is 0 Å². The van der Waals surface area contributed by atoms with Gasteiger partial charge in [-0.05, 0) is 68.3 Å². The molecule has 2 aromatic carbocycles. The Kier molecular flexibility index (Phi) is 6.86. The van der Waals surface area contributed by atoms with Crippen LogP contribution in [-0.2, 0) is 16.1 Å². The Morgan fingerprint density at radius 1 is 1.09 bits per heavy atom. The van der Waals surface area contributed by atoms with Crippen molar-refractivity contribution in [1.82, 2.24) is 25.3 Å². The summed E-state index contributed by atoms with van der Waals surface area (Å²) in [5, 5.41) is 11.3. The van der Waals surface area contributed by atoms with E-state index >= 15 is 0 Å². The predicted molar refractivity (Wildman–Crippen MR) is 131 cm³/mol. The molecule has 0 spiro atoms. The Balaban J connectivity index is 1.81. The van der Waals surface area contributed by atoms with Crippen LogP contribution in [0.3, 0.4) is 0 Å². The second kappa shape index (κ2) is 10.0. The molecule has 0 aliphatic carbocycles. The van der Waals surface area contributed by atoms with Crippen LogP contribution in [-0.4, -0.2) is 37.3 Å². The van der Waals surface area contributed by atoms with Gasteiger partial charge in [-0.2, -0.15) is 0 Å². The van der Waals surface area contributed by atoms with Gasteiger partial charge in [0, 0.05) is 23.6 Å². The molecule has 180 valence electrons. The van der Waals surface area contributed by atoms with E-state index in [4.69, 9.17) is 0 Å². The van der Waals surface area contributed by atoms with Crippen LogP contribution >= 0.6 is 0 Å². The topological polar surface area (TPSA) is 93.0 Å². The van der Waals surface area contributed by atoms with Gasteiger partial charge in [-0.3, -0.25) is 19.5 Å². The molecule has 0 fully saturated rings. The number of pyridine rings is 1. The van der Waals surface area contributed by atoms with Gasteiger partial charge < -0.3 is 5.32 Å². The third-order valence-electron chi connectivity index (χ3n) is 5.93. The molecule has 0 aliphatic heterocycles. The molecule has 1 atom stereocenters. The smallest absolute Gasteiger partial charge is 0.249 e. The number of carbonyl (C=O) groups excluding carboxylic acids is 2. The number of rotatable bonds is 8. The lowest BCUT2D eigenvalue weighted by atomic mass is 9.98. The molecule has 8 nitrogen and oxygen atoms in total. The number of fused-ring (bicyclic) bond motifs is 1. The van der Waals surface area contributed by atoms with Crippen molar-refractivity contribution in [2.24, 2.45) is 0 Å². The Labute approximate surface area is 202 Å². The normalized spacial score (nSPS) is 12.3. The maximum absolute atomic E-state index is 14.3. The van der Waals surface area contributed by atoms with Gasteiger partial charge in [-0.25, -0.2) is 9.07 Å². The fraction of sp³-hybridized carbons (Fsp3) is 0.269. The molecule has 4 rings (SSSR count). The molecular formula is C26H27FN6O2. The summed E-state index contributed by atoms with van der Waals surface area (Å²) in [5.74, 6) is -1.35. The molecule has 4 aromatic rings. The quantitative estimate of drug-likeness (QED) is 0.416. The number of halogens is 1. The molecule has 0 saturated heterocycles. The molecule has 0 unspecified atom stereocenters. The zero-order chi connectivity index (χ0) is 25.0. The lowest BCUT2D eigenvalue weighted by molar-refractivity contribution is -0.128. The highest BCUT2D eigenvalue weighted by molar-refractivity contribution is 6.01. The number of hydrogen-bond acceptors (Lipinski definition) is 5. The molecule has 1 N–H and O–H groups in total. The van der Waals surface area contributed by atoms with Crippen LogP contribution < -0.4 is 10.2 Å². The Morgan fingerprint density at radius 3 is 2.54 bits per heavy atom. The number of nitrogens with one attached hydrogen (secondary N) is 1. The zero-order valence-electron chi connectivity index (χ0n) is 19.9. The molecule has 2 amide bonds. The van der Waals surface area contributed by atoms with Gasteiger partial charge in [-0.1, -0.05) is 30.3 Å². The summed E-state index contributed by atoms with van der Waals surface area (Å²) < 4.78 is 15.8. The van der Waals surface area contributed by atoms with Crippen molar-refractivity contribution in [2.75, 3.05) is 4.90 Å². The van der Waals surface area contributed by atoms with Gasteiger partial charge in [0.15, 0.2) is 0 Å². The Hall–Kier alpha value is -4.14. The fourth-order valence-corrected chi connectivity index (χ4v) is 3.76. The lowest BCUT2D eigenvalue weighted by Crippen LogP contribution is -2.51. The van der Waals surface area contributed by atoms with Crippen LogP contribution in [0.4, 0.5) is 10.1 Å². The second-order valence-corrected chi connectivity index (χ2v) is 8.89. The van der Waals surface area contributed by atoms with Crippen molar-refractivity contribution < 1.29 is 14.0 Å². The fourth-order valence-electron chi connectivity index (χ4n) is 3.76. The largest absolute Gasteiger partial charge is 0.349 e. The monoisotopic (exact) mass is 474 g/mol. The summed E-state index contributed by atoms with van der Waals surface area (Å²) in [6.45, 7) is 5.59. The van der Waals surface area contributed by atoms with Crippen LogP contribution in [0.25, 0.3) is 11.0 Å². The number of hydrogen-bond donors (Lipinski definition) is 1. The number of anilines is 1. The Morgan fingerprint density at radius 2 is 1.83 bits per heavy atom. The van der Waals surface area contributed by atoms with Crippen LogP contribution in [0.15, 0.2) is 73.1 Å². The van der Waals surface area contributed by atoms with Crippen LogP contribution in [0.2, 0.25) is 0 Å². The summed E-state index contributed by atoms with van der Waals surface area (Å²) >= 11 is 0. The first-order valence-corrected chi connectivity index (χ1v) is 11.4. The summed E-state index contributed by atoms with van der Waals surface area (Å²) in [5.41, 5.74) is 1.61. The second-order valence-electron chi connectivity index (χ2n) is 8.89. The highest BCUT2D eigenvalue weighted by Crippen LogP contribution is 2.30. The number of carbonyl (C=O) groups is 2. The van der Waals surface area contributed by atoms with E-state index in [2.05, 4.69) is 20.6 Å². The third-order valence-corrected chi connectivity index (χ3v) is 5.93. The van der Waals surface area contributed by atoms with Gasteiger partial charge >= 0.3 is 0 Å². The molecule has 0 aliphatic rings. The van der Waals surface area contributed by atoms with E-state index in [1.807, 2.05) is 39.0 Å². The first kappa shape index (κ1) is 24.0. The minimum Gasteiger partial charge on any atom is -0.349 e. The maximum atomic E-state index is 14.3. The molecule has 0 saturated carbocycles. The van der Waals surface area contributed by atoms with Crippen LogP contribution in [0, 0.1) is 5.82 Å². The van der Waals surface area contributed by atoms with Crippen molar-refractivity contribution in [1.29, 1.82) is 0 Å². The number of benzene rings is 2. The van der Waals surface area contributed by atoms with E-state index in [-0.39, 0.29) is 18.1 Å². The first-order valence-electron chi connectivity index (χ1n) is 11.4. The SMILES string of the molecule is CCC(C)(C)NC(=O)[C@H](c1ccncc1)N(C(=O)Cn1nnc2ccccc21)c1cccc(F)c1. The minimum absolute atomic E-state index is 0.191. The zero-order valence-corrected chi connectivity index (χ0v) is 19.9. The average Bonchev–Trinajstić information content (AvgIpc) is 3.25. The lowest BCUT2D eigenvalue weighted by Gasteiger charge is -2.34. The maximum Gasteiger partial charge on any atom is 0.249 e. The van der Waals surface area contributed by atoms with Gasteiger partial charge in [0.05, 0.1) is 5.52 Å². The van der Waals surface area contributed by atoms with Gasteiger partial charge in [0.2, 0.25) is 11.8 Å². The van der Waals surface area contributed by atoms with Crippen molar-refractivity contribution in [3.63, 3.8) is 0 Å². The van der Waals surface area contributed by atoms with Crippen molar-refractivity contribution >= 4 is 28.5 Å². The van der Waals surface area contributed by atoms with Crippen molar-refractivity contribution in [3.05, 3.63) is 84.4 Å². The third kappa shape index (κ3) is 5.34. The molecular weight excluding hydrogens is 447 g/mol. The number of para-hydroxylation sites is 1. The van der Waals surface area contributed by atoms with E-state index in [0.29, 0.717) is 23.0 Å². The molecule has 2 heterocycles. The molecule has 9 heteroatoms.